The number of rotatable bonds is 3. The molecule has 0 aliphatic heterocycles. The zero-order valence-electron chi connectivity index (χ0n) is 10.2. The van der Waals surface area contributed by atoms with Crippen LogP contribution in [-0.2, 0) is 4.74 Å². The van der Waals surface area contributed by atoms with Crippen molar-refractivity contribution in [3.05, 3.63) is 29.3 Å². The predicted octanol–water partition coefficient (Wildman–Crippen LogP) is 3.47. The van der Waals surface area contributed by atoms with Crippen LogP contribution in [0.3, 0.4) is 0 Å². The Labute approximate surface area is 96.4 Å². The van der Waals surface area contributed by atoms with Crippen LogP contribution in [0.25, 0.3) is 0 Å². The van der Waals surface area contributed by atoms with Crippen molar-refractivity contribution >= 4 is 6.16 Å². The summed E-state index contributed by atoms with van der Waals surface area (Å²) in [5.41, 5.74) is 2.26. The molecule has 0 atom stereocenters. The number of ether oxygens (including phenoxy) is 2. The van der Waals surface area contributed by atoms with E-state index in [4.69, 9.17) is 9.47 Å². The summed E-state index contributed by atoms with van der Waals surface area (Å²) in [6.45, 7) is 8.31. The molecule has 0 saturated heterocycles. The molecule has 0 aromatic heterocycles. The van der Waals surface area contributed by atoms with E-state index in [1.54, 1.807) is 6.07 Å². The van der Waals surface area contributed by atoms with Gasteiger partial charge >= 0.3 is 6.16 Å². The standard InChI is InChI=1S/C13H18O3/c1-9(2)8-15-13(14)16-12-6-5-10(3)11(4)7-12/h5-7,9H,8H2,1-4H3. The molecule has 3 nitrogen and oxygen atoms in total. The molecular weight excluding hydrogens is 204 g/mol. The number of carbonyl (C=O) groups excluding carboxylic acids is 1. The average molecular weight is 222 g/mol. The van der Waals surface area contributed by atoms with Crippen LogP contribution in [0, 0.1) is 19.8 Å². The molecule has 3 heteroatoms. The first kappa shape index (κ1) is 12.6. The predicted molar refractivity (Wildman–Crippen MR) is 62.7 cm³/mol. The van der Waals surface area contributed by atoms with Crippen molar-refractivity contribution in [2.75, 3.05) is 6.61 Å². The summed E-state index contributed by atoms with van der Waals surface area (Å²) in [5.74, 6) is 0.837. The molecule has 0 bridgehead atoms. The van der Waals surface area contributed by atoms with Crippen molar-refractivity contribution in [3.63, 3.8) is 0 Å². The van der Waals surface area contributed by atoms with Crippen LogP contribution >= 0.6 is 0 Å². The molecule has 0 amide bonds. The number of hydrogen-bond acceptors (Lipinski definition) is 3. The first-order valence-corrected chi connectivity index (χ1v) is 5.41. The Hall–Kier alpha value is -1.51. The third kappa shape index (κ3) is 3.93. The number of hydrogen-bond donors (Lipinski definition) is 0. The molecule has 0 aliphatic carbocycles. The molecule has 88 valence electrons. The lowest BCUT2D eigenvalue weighted by Crippen LogP contribution is -2.14. The second-order valence-electron chi connectivity index (χ2n) is 4.30. The Kier molecular flexibility index (Phi) is 4.35. The summed E-state index contributed by atoms with van der Waals surface area (Å²) in [4.78, 5) is 11.3. The molecule has 0 N–H and O–H groups in total. The molecule has 0 radical (unpaired) electrons. The van der Waals surface area contributed by atoms with Crippen LogP contribution in [0.4, 0.5) is 4.79 Å². The van der Waals surface area contributed by atoms with Crippen LogP contribution in [0.2, 0.25) is 0 Å². The highest BCUT2D eigenvalue weighted by Gasteiger charge is 2.07. The van der Waals surface area contributed by atoms with Gasteiger partial charge in [0.1, 0.15) is 5.75 Å². The SMILES string of the molecule is Cc1ccc(OC(=O)OCC(C)C)cc1C. The third-order valence-corrected chi connectivity index (χ3v) is 2.21. The molecule has 16 heavy (non-hydrogen) atoms. The highest BCUT2D eigenvalue weighted by Crippen LogP contribution is 2.16. The first-order valence-electron chi connectivity index (χ1n) is 5.41. The van der Waals surface area contributed by atoms with Gasteiger partial charge < -0.3 is 9.47 Å². The summed E-state index contributed by atoms with van der Waals surface area (Å²) < 4.78 is 9.96. The Morgan fingerprint density at radius 3 is 2.50 bits per heavy atom. The Morgan fingerprint density at radius 1 is 1.25 bits per heavy atom. The quantitative estimate of drug-likeness (QED) is 0.580. The monoisotopic (exact) mass is 222 g/mol. The van der Waals surface area contributed by atoms with Crippen LogP contribution in [0.5, 0.6) is 5.75 Å². The topological polar surface area (TPSA) is 35.5 Å². The number of carbonyl (C=O) groups is 1. The fraction of sp³-hybridized carbons (Fsp3) is 0.462. The lowest BCUT2D eigenvalue weighted by atomic mass is 10.1. The third-order valence-electron chi connectivity index (χ3n) is 2.21. The average Bonchev–Trinajstić information content (AvgIpc) is 2.21. The number of benzene rings is 1. The van der Waals surface area contributed by atoms with E-state index >= 15 is 0 Å². The molecule has 0 saturated carbocycles. The zero-order valence-corrected chi connectivity index (χ0v) is 10.2. The normalized spacial score (nSPS) is 10.3. The van der Waals surface area contributed by atoms with E-state index in [1.807, 2.05) is 39.8 Å². The molecular formula is C13H18O3. The van der Waals surface area contributed by atoms with Crippen molar-refractivity contribution in [3.8, 4) is 5.75 Å². The van der Waals surface area contributed by atoms with Gasteiger partial charge in [-0.25, -0.2) is 4.79 Å². The molecule has 0 heterocycles. The minimum Gasteiger partial charge on any atom is -0.434 e. The van der Waals surface area contributed by atoms with Gasteiger partial charge in [0.2, 0.25) is 0 Å². The maximum absolute atomic E-state index is 11.3. The van der Waals surface area contributed by atoms with Crippen LogP contribution in [0.1, 0.15) is 25.0 Å². The molecule has 0 fully saturated rings. The minimum absolute atomic E-state index is 0.312. The van der Waals surface area contributed by atoms with Gasteiger partial charge in [-0.15, -0.1) is 0 Å². The van der Waals surface area contributed by atoms with E-state index in [-0.39, 0.29) is 0 Å². The lowest BCUT2D eigenvalue weighted by Gasteiger charge is -2.08. The van der Waals surface area contributed by atoms with Gasteiger partial charge in [-0.1, -0.05) is 19.9 Å². The maximum Gasteiger partial charge on any atom is 0.513 e. The first-order chi connectivity index (χ1) is 7.49. The Bertz CT molecular complexity index is 369. The van der Waals surface area contributed by atoms with Gasteiger partial charge in [0.05, 0.1) is 6.61 Å². The van der Waals surface area contributed by atoms with Gasteiger partial charge in [-0.2, -0.15) is 0 Å². The molecule has 0 spiro atoms. The van der Waals surface area contributed by atoms with Crippen LogP contribution < -0.4 is 4.74 Å². The van der Waals surface area contributed by atoms with Crippen LogP contribution in [-0.4, -0.2) is 12.8 Å². The van der Waals surface area contributed by atoms with E-state index in [0.29, 0.717) is 18.3 Å². The second-order valence-corrected chi connectivity index (χ2v) is 4.30. The molecule has 0 unspecified atom stereocenters. The van der Waals surface area contributed by atoms with Crippen LogP contribution in [0.15, 0.2) is 18.2 Å². The van der Waals surface area contributed by atoms with Gasteiger partial charge in [0, 0.05) is 0 Å². The van der Waals surface area contributed by atoms with E-state index in [2.05, 4.69) is 0 Å². The summed E-state index contributed by atoms with van der Waals surface area (Å²) in [6, 6.07) is 5.51. The van der Waals surface area contributed by atoms with Gasteiger partial charge in [-0.05, 0) is 43.0 Å². The highest BCUT2D eigenvalue weighted by atomic mass is 16.7. The largest absolute Gasteiger partial charge is 0.513 e. The van der Waals surface area contributed by atoms with Crippen molar-refractivity contribution in [1.29, 1.82) is 0 Å². The summed E-state index contributed by atoms with van der Waals surface area (Å²) in [6.07, 6.45) is -0.642. The van der Waals surface area contributed by atoms with E-state index in [1.165, 1.54) is 5.56 Å². The fourth-order valence-electron chi connectivity index (χ4n) is 1.14. The Balaban J connectivity index is 2.53. The smallest absolute Gasteiger partial charge is 0.434 e. The van der Waals surface area contributed by atoms with Crippen molar-refractivity contribution in [2.24, 2.45) is 5.92 Å². The van der Waals surface area contributed by atoms with Crippen molar-refractivity contribution in [2.45, 2.75) is 27.7 Å². The van der Waals surface area contributed by atoms with E-state index in [0.717, 1.165) is 5.56 Å². The van der Waals surface area contributed by atoms with Crippen molar-refractivity contribution in [1.82, 2.24) is 0 Å². The second kappa shape index (κ2) is 5.54. The molecule has 0 aliphatic rings. The minimum atomic E-state index is -0.642. The molecule has 1 aromatic carbocycles. The zero-order chi connectivity index (χ0) is 12.1. The fourth-order valence-corrected chi connectivity index (χ4v) is 1.14. The molecule has 1 aromatic rings. The van der Waals surface area contributed by atoms with Crippen molar-refractivity contribution < 1.29 is 14.3 Å². The highest BCUT2D eigenvalue weighted by molar-refractivity contribution is 5.63. The van der Waals surface area contributed by atoms with E-state index in [9.17, 15) is 4.79 Å². The van der Waals surface area contributed by atoms with Gasteiger partial charge in [-0.3, -0.25) is 0 Å². The van der Waals surface area contributed by atoms with Gasteiger partial charge in [0.25, 0.3) is 0 Å². The maximum atomic E-state index is 11.3. The Morgan fingerprint density at radius 2 is 1.94 bits per heavy atom. The lowest BCUT2D eigenvalue weighted by molar-refractivity contribution is 0.0885. The summed E-state index contributed by atoms with van der Waals surface area (Å²) >= 11 is 0. The number of aryl methyl sites for hydroxylation is 2. The van der Waals surface area contributed by atoms with Gasteiger partial charge in [0.15, 0.2) is 0 Å². The summed E-state index contributed by atoms with van der Waals surface area (Å²) in [7, 11) is 0. The molecule has 1 rings (SSSR count). The van der Waals surface area contributed by atoms with E-state index < -0.39 is 6.16 Å². The summed E-state index contributed by atoms with van der Waals surface area (Å²) in [5, 5.41) is 0.